The van der Waals surface area contributed by atoms with Crippen molar-refractivity contribution in [1.29, 1.82) is 0 Å². The molecule has 16 heavy (non-hydrogen) atoms. The SMILES string of the molecule is CCCCc1nc(N)c(Br)c(C(C)(C)C)n1. The first-order valence-corrected chi connectivity index (χ1v) is 6.48. The van der Waals surface area contributed by atoms with Crippen LogP contribution in [0.1, 0.15) is 52.1 Å². The second-order valence-electron chi connectivity index (χ2n) is 5.04. The van der Waals surface area contributed by atoms with Gasteiger partial charge in [0.25, 0.3) is 0 Å². The maximum absolute atomic E-state index is 5.89. The molecule has 0 aliphatic rings. The van der Waals surface area contributed by atoms with Crippen molar-refractivity contribution in [3.05, 3.63) is 16.0 Å². The fraction of sp³-hybridized carbons (Fsp3) is 0.667. The minimum Gasteiger partial charge on any atom is -0.383 e. The molecular weight excluding hydrogens is 266 g/mol. The van der Waals surface area contributed by atoms with Gasteiger partial charge >= 0.3 is 0 Å². The van der Waals surface area contributed by atoms with E-state index in [2.05, 4.69) is 53.6 Å². The van der Waals surface area contributed by atoms with E-state index < -0.39 is 0 Å². The summed E-state index contributed by atoms with van der Waals surface area (Å²) in [5.41, 5.74) is 6.87. The van der Waals surface area contributed by atoms with Gasteiger partial charge in [0, 0.05) is 11.8 Å². The van der Waals surface area contributed by atoms with Crippen molar-refractivity contribution in [2.45, 2.75) is 52.4 Å². The molecule has 90 valence electrons. The molecule has 0 unspecified atom stereocenters. The topological polar surface area (TPSA) is 51.8 Å². The third-order valence-corrected chi connectivity index (χ3v) is 3.17. The molecule has 4 heteroatoms. The van der Waals surface area contributed by atoms with E-state index in [4.69, 9.17) is 5.73 Å². The molecule has 1 aromatic heterocycles. The molecule has 0 aromatic carbocycles. The number of aryl methyl sites for hydroxylation is 1. The van der Waals surface area contributed by atoms with E-state index >= 15 is 0 Å². The van der Waals surface area contributed by atoms with E-state index in [0.717, 1.165) is 35.3 Å². The Morgan fingerprint density at radius 1 is 1.25 bits per heavy atom. The highest BCUT2D eigenvalue weighted by Gasteiger charge is 2.22. The molecule has 3 nitrogen and oxygen atoms in total. The molecule has 0 radical (unpaired) electrons. The summed E-state index contributed by atoms with van der Waals surface area (Å²) in [7, 11) is 0. The van der Waals surface area contributed by atoms with Crippen LogP contribution in [0.3, 0.4) is 0 Å². The van der Waals surface area contributed by atoms with Gasteiger partial charge < -0.3 is 5.73 Å². The lowest BCUT2D eigenvalue weighted by atomic mass is 9.92. The normalized spacial score (nSPS) is 11.8. The summed E-state index contributed by atoms with van der Waals surface area (Å²) in [6.07, 6.45) is 3.14. The fourth-order valence-electron chi connectivity index (χ4n) is 1.46. The Labute approximate surface area is 106 Å². The highest BCUT2D eigenvalue weighted by molar-refractivity contribution is 9.10. The van der Waals surface area contributed by atoms with E-state index in [9.17, 15) is 0 Å². The zero-order valence-corrected chi connectivity index (χ0v) is 12.1. The van der Waals surface area contributed by atoms with Gasteiger partial charge in [-0.15, -0.1) is 0 Å². The minimum absolute atomic E-state index is 0.0170. The first-order chi connectivity index (χ1) is 7.36. The van der Waals surface area contributed by atoms with Crippen molar-refractivity contribution < 1.29 is 0 Å². The molecule has 2 N–H and O–H groups in total. The van der Waals surface area contributed by atoms with Crippen molar-refractivity contribution in [3.63, 3.8) is 0 Å². The molecule has 0 atom stereocenters. The summed E-state index contributed by atoms with van der Waals surface area (Å²) in [6, 6.07) is 0. The molecule has 0 saturated heterocycles. The van der Waals surface area contributed by atoms with E-state index in [1.165, 1.54) is 0 Å². The number of unbranched alkanes of at least 4 members (excludes halogenated alkanes) is 1. The number of halogens is 1. The molecule has 1 heterocycles. The first kappa shape index (κ1) is 13.4. The van der Waals surface area contributed by atoms with Crippen LogP contribution in [0.5, 0.6) is 0 Å². The number of aromatic nitrogens is 2. The van der Waals surface area contributed by atoms with E-state index in [1.807, 2.05) is 0 Å². The Morgan fingerprint density at radius 3 is 2.38 bits per heavy atom. The summed E-state index contributed by atoms with van der Waals surface area (Å²) >= 11 is 3.47. The average Bonchev–Trinajstić information content (AvgIpc) is 2.17. The van der Waals surface area contributed by atoms with Crippen LogP contribution in [0.2, 0.25) is 0 Å². The molecule has 0 amide bonds. The van der Waals surface area contributed by atoms with Crippen molar-refractivity contribution in [2.75, 3.05) is 5.73 Å². The van der Waals surface area contributed by atoms with Crippen LogP contribution in [-0.4, -0.2) is 9.97 Å². The predicted octanol–water partition coefficient (Wildman–Crippen LogP) is 3.46. The van der Waals surface area contributed by atoms with Crippen molar-refractivity contribution >= 4 is 21.7 Å². The maximum Gasteiger partial charge on any atom is 0.141 e. The third kappa shape index (κ3) is 3.17. The van der Waals surface area contributed by atoms with Gasteiger partial charge in [-0.2, -0.15) is 0 Å². The Balaban J connectivity index is 3.12. The van der Waals surface area contributed by atoms with Crippen LogP contribution >= 0.6 is 15.9 Å². The van der Waals surface area contributed by atoms with Gasteiger partial charge in [0.15, 0.2) is 0 Å². The van der Waals surface area contributed by atoms with Gasteiger partial charge in [0.05, 0.1) is 10.2 Å². The Kier molecular flexibility index (Phi) is 4.30. The first-order valence-electron chi connectivity index (χ1n) is 5.68. The molecular formula is C12H20BrN3. The molecule has 0 aliphatic heterocycles. The number of nitrogens with two attached hydrogens (primary N) is 1. The van der Waals surface area contributed by atoms with Gasteiger partial charge in [-0.25, -0.2) is 9.97 Å². The lowest BCUT2D eigenvalue weighted by Crippen LogP contribution is -2.18. The summed E-state index contributed by atoms with van der Waals surface area (Å²) in [5.74, 6) is 1.40. The lowest BCUT2D eigenvalue weighted by Gasteiger charge is -2.20. The summed E-state index contributed by atoms with van der Waals surface area (Å²) in [4.78, 5) is 8.91. The van der Waals surface area contributed by atoms with E-state index in [-0.39, 0.29) is 5.41 Å². The quantitative estimate of drug-likeness (QED) is 0.925. The maximum atomic E-state index is 5.89. The summed E-state index contributed by atoms with van der Waals surface area (Å²) in [5, 5.41) is 0. The smallest absolute Gasteiger partial charge is 0.141 e. The lowest BCUT2D eigenvalue weighted by molar-refractivity contribution is 0.557. The number of hydrogen-bond donors (Lipinski definition) is 1. The number of anilines is 1. The molecule has 0 spiro atoms. The van der Waals surface area contributed by atoms with Crippen molar-refractivity contribution in [1.82, 2.24) is 9.97 Å². The average molecular weight is 286 g/mol. The zero-order valence-electron chi connectivity index (χ0n) is 10.5. The van der Waals surface area contributed by atoms with Crippen LogP contribution in [0.25, 0.3) is 0 Å². The molecule has 0 saturated carbocycles. The van der Waals surface area contributed by atoms with Gasteiger partial charge in [-0.05, 0) is 22.4 Å². The standard InChI is InChI=1S/C12H20BrN3/c1-5-6-7-8-15-10(12(2,3)4)9(13)11(14)16-8/h5-7H2,1-4H3,(H2,14,15,16). The summed E-state index contributed by atoms with van der Waals surface area (Å²) < 4.78 is 0.834. The third-order valence-electron chi connectivity index (χ3n) is 2.39. The predicted molar refractivity (Wildman–Crippen MR) is 71.5 cm³/mol. The van der Waals surface area contributed by atoms with Crippen LogP contribution in [0.4, 0.5) is 5.82 Å². The molecule has 0 bridgehead atoms. The number of hydrogen-bond acceptors (Lipinski definition) is 3. The molecule has 1 rings (SSSR count). The van der Waals surface area contributed by atoms with Crippen LogP contribution < -0.4 is 5.73 Å². The molecule has 1 aromatic rings. The van der Waals surface area contributed by atoms with Gasteiger partial charge in [0.2, 0.25) is 0 Å². The van der Waals surface area contributed by atoms with Crippen LogP contribution in [0, 0.1) is 0 Å². The number of nitrogen functional groups attached to an aromatic ring is 1. The number of nitrogens with zero attached hydrogens (tertiary/aromatic N) is 2. The summed E-state index contributed by atoms with van der Waals surface area (Å²) in [6.45, 7) is 8.54. The van der Waals surface area contributed by atoms with E-state index in [1.54, 1.807) is 0 Å². The number of rotatable bonds is 3. The molecule has 0 aliphatic carbocycles. The van der Waals surface area contributed by atoms with E-state index in [0.29, 0.717) is 5.82 Å². The van der Waals surface area contributed by atoms with Gasteiger partial charge in [-0.1, -0.05) is 34.1 Å². The minimum atomic E-state index is -0.0170. The second-order valence-corrected chi connectivity index (χ2v) is 5.83. The second kappa shape index (κ2) is 5.13. The Hall–Kier alpha value is -0.640. The van der Waals surface area contributed by atoms with Gasteiger partial charge in [-0.3, -0.25) is 0 Å². The highest BCUT2D eigenvalue weighted by atomic mass is 79.9. The van der Waals surface area contributed by atoms with Gasteiger partial charge in [0.1, 0.15) is 11.6 Å². The monoisotopic (exact) mass is 285 g/mol. The molecule has 0 fully saturated rings. The highest BCUT2D eigenvalue weighted by Crippen LogP contribution is 2.31. The van der Waals surface area contributed by atoms with Crippen LogP contribution in [0.15, 0.2) is 4.47 Å². The van der Waals surface area contributed by atoms with Crippen molar-refractivity contribution in [3.8, 4) is 0 Å². The largest absolute Gasteiger partial charge is 0.383 e. The van der Waals surface area contributed by atoms with Crippen LogP contribution in [-0.2, 0) is 11.8 Å². The Morgan fingerprint density at radius 2 is 1.88 bits per heavy atom. The van der Waals surface area contributed by atoms with Crippen molar-refractivity contribution in [2.24, 2.45) is 0 Å². The Bertz CT molecular complexity index is 369. The fourth-order valence-corrected chi connectivity index (χ4v) is 2.23. The zero-order chi connectivity index (χ0) is 12.3.